The molecule has 52 heavy (non-hydrogen) atoms. The molecule has 0 fully saturated rings. The maximum Gasteiger partial charge on any atom is 0.235 e. The van der Waals surface area contributed by atoms with Crippen molar-refractivity contribution < 1.29 is 0 Å². The number of hydrogen-bond acceptors (Lipinski definition) is 2. The predicted molar refractivity (Wildman–Crippen MR) is 217 cm³/mol. The second kappa shape index (κ2) is 10.7. The summed E-state index contributed by atoms with van der Waals surface area (Å²) in [5.74, 6) is 0.661. The average Bonchev–Trinajstić information content (AvgIpc) is 3.66. The van der Waals surface area contributed by atoms with Gasteiger partial charge in [0.1, 0.15) is 0 Å². The molecule has 0 atom stereocenters. The molecular formula is C49H33N3. The van der Waals surface area contributed by atoms with Gasteiger partial charge in [-0.25, -0.2) is 9.97 Å². The lowest BCUT2D eigenvalue weighted by Crippen LogP contribution is -2.14. The van der Waals surface area contributed by atoms with Crippen molar-refractivity contribution in [1.29, 1.82) is 0 Å². The van der Waals surface area contributed by atoms with Crippen molar-refractivity contribution in [3.05, 3.63) is 175 Å². The van der Waals surface area contributed by atoms with Crippen LogP contribution in [-0.2, 0) is 5.41 Å². The minimum absolute atomic E-state index is 0.101. The number of aromatic nitrogens is 3. The van der Waals surface area contributed by atoms with Crippen LogP contribution in [0.5, 0.6) is 0 Å². The molecule has 0 radical (unpaired) electrons. The smallest absolute Gasteiger partial charge is 0.235 e. The molecule has 0 saturated heterocycles. The molecule has 0 N–H and O–H groups in total. The summed E-state index contributed by atoms with van der Waals surface area (Å²) < 4.78 is 2.32. The molecule has 0 amide bonds. The predicted octanol–water partition coefficient (Wildman–Crippen LogP) is 12.7. The fourth-order valence-electron chi connectivity index (χ4n) is 8.94. The van der Waals surface area contributed by atoms with Crippen molar-refractivity contribution in [1.82, 2.24) is 14.5 Å². The summed E-state index contributed by atoms with van der Waals surface area (Å²) in [5.41, 5.74) is 11.5. The van der Waals surface area contributed by atoms with Crippen LogP contribution in [0.4, 0.5) is 0 Å². The highest BCUT2D eigenvalue weighted by Gasteiger charge is 2.36. The topological polar surface area (TPSA) is 30.7 Å². The Labute approximate surface area is 301 Å². The Bertz CT molecular complexity index is 3020. The average molecular weight is 664 g/mol. The Balaban J connectivity index is 1.31. The minimum atomic E-state index is -0.101. The summed E-state index contributed by atoms with van der Waals surface area (Å²) >= 11 is 0. The lowest BCUT2D eigenvalue weighted by Gasteiger charge is -2.22. The van der Waals surface area contributed by atoms with E-state index in [-0.39, 0.29) is 5.41 Å². The fourth-order valence-corrected chi connectivity index (χ4v) is 8.94. The van der Waals surface area contributed by atoms with Crippen LogP contribution in [0.25, 0.3) is 93.7 Å². The lowest BCUT2D eigenvalue weighted by atomic mass is 9.81. The highest BCUT2D eigenvalue weighted by molar-refractivity contribution is 6.33. The highest BCUT2D eigenvalue weighted by atomic mass is 15.2. The quantitative estimate of drug-likeness (QED) is 0.176. The first-order valence-corrected chi connectivity index (χ1v) is 18.0. The Hall–Kier alpha value is -6.58. The standard InChI is InChI=1S/C49H33N3/c1-49(2)41-23-13-11-20-33(41)40-27-38-32-19-9-10-22-35(32)46-36(39(38)28-42(40)49)25-26-37-34-21-12-14-24-45(34)52(47(37)46)48-50-43(30-15-5-3-6-16-30)29-44(51-48)31-17-7-4-8-18-31/h3-29H,1-2H3. The third-order valence-corrected chi connectivity index (χ3v) is 11.4. The molecule has 0 spiro atoms. The van der Waals surface area contributed by atoms with Gasteiger partial charge in [-0.15, -0.1) is 0 Å². The monoisotopic (exact) mass is 663 g/mol. The second-order valence-corrected chi connectivity index (χ2v) is 14.6. The van der Waals surface area contributed by atoms with Gasteiger partial charge in [-0.2, -0.15) is 0 Å². The van der Waals surface area contributed by atoms with E-state index in [4.69, 9.17) is 9.97 Å². The van der Waals surface area contributed by atoms with Crippen molar-refractivity contribution >= 4 is 54.1 Å². The zero-order valence-corrected chi connectivity index (χ0v) is 28.9. The Kier molecular flexibility index (Phi) is 6.01. The third-order valence-electron chi connectivity index (χ3n) is 11.4. The Morgan fingerprint density at radius 3 is 1.71 bits per heavy atom. The second-order valence-electron chi connectivity index (χ2n) is 14.6. The molecule has 1 aliphatic rings. The molecule has 1 aliphatic carbocycles. The number of nitrogens with zero attached hydrogens (tertiary/aromatic N) is 3. The number of para-hydroxylation sites is 1. The van der Waals surface area contributed by atoms with Crippen molar-refractivity contribution in [2.24, 2.45) is 0 Å². The molecule has 0 unspecified atom stereocenters. The molecule has 0 bridgehead atoms. The maximum absolute atomic E-state index is 5.36. The largest absolute Gasteiger partial charge is 0.277 e. The molecule has 3 nitrogen and oxygen atoms in total. The first-order chi connectivity index (χ1) is 25.6. The maximum atomic E-state index is 5.36. The number of fused-ring (bicyclic) bond motifs is 13. The molecule has 2 heterocycles. The van der Waals surface area contributed by atoms with Crippen LogP contribution in [0.2, 0.25) is 0 Å². The van der Waals surface area contributed by atoms with Crippen LogP contribution in [0.3, 0.4) is 0 Å². The summed E-state index contributed by atoms with van der Waals surface area (Å²) in [7, 11) is 0. The van der Waals surface area contributed by atoms with E-state index in [1.165, 1.54) is 65.3 Å². The molecule has 0 aliphatic heterocycles. The van der Waals surface area contributed by atoms with E-state index in [0.29, 0.717) is 5.95 Å². The normalized spacial score (nSPS) is 13.3. The van der Waals surface area contributed by atoms with Gasteiger partial charge in [0.2, 0.25) is 5.95 Å². The van der Waals surface area contributed by atoms with Gasteiger partial charge in [-0.05, 0) is 73.5 Å². The SMILES string of the molecule is CC1(C)c2ccccc2-c2cc3c4ccccc4c4c(ccc5c6ccccc6n(-c6nc(-c7ccccc7)cc(-c7ccccc7)n6)c54)c3cc21. The lowest BCUT2D eigenvalue weighted by molar-refractivity contribution is 0.661. The molecule has 10 aromatic rings. The van der Waals surface area contributed by atoms with Crippen LogP contribution < -0.4 is 0 Å². The minimum Gasteiger partial charge on any atom is -0.277 e. The van der Waals surface area contributed by atoms with Gasteiger partial charge in [-0.3, -0.25) is 4.57 Å². The number of hydrogen-bond donors (Lipinski definition) is 0. The summed E-state index contributed by atoms with van der Waals surface area (Å²) in [5, 5.41) is 9.87. The molecule has 2 aromatic heterocycles. The molecule has 11 rings (SSSR count). The number of rotatable bonds is 3. The Morgan fingerprint density at radius 1 is 0.423 bits per heavy atom. The van der Waals surface area contributed by atoms with Gasteiger partial charge >= 0.3 is 0 Å². The van der Waals surface area contributed by atoms with Gasteiger partial charge in [0, 0.05) is 32.7 Å². The summed E-state index contributed by atoms with van der Waals surface area (Å²) in [6.45, 7) is 4.73. The van der Waals surface area contributed by atoms with Crippen LogP contribution in [0, 0.1) is 0 Å². The zero-order chi connectivity index (χ0) is 34.6. The van der Waals surface area contributed by atoms with E-state index in [0.717, 1.165) is 33.5 Å². The van der Waals surface area contributed by atoms with Crippen molar-refractivity contribution in [3.63, 3.8) is 0 Å². The molecular weight excluding hydrogens is 631 g/mol. The third kappa shape index (κ3) is 4.02. The first-order valence-electron chi connectivity index (χ1n) is 18.0. The van der Waals surface area contributed by atoms with E-state index >= 15 is 0 Å². The first kappa shape index (κ1) is 29.2. The Morgan fingerprint density at radius 2 is 0.981 bits per heavy atom. The van der Waals surface area contributed by atoms with Gasteiger partial charge in [0.05, 0.1) is 22.4 Å². The molecule has 8 aromatic carbocycles. The summed E-state index contributed by atoms with van der Waals surface area (Å²) in [4.78, 5) is 10.7. The van der Waals surface area contributed by atoms with Gasteiger partial charge in [0.15, 0.2) is 0 Å². The summed E-state index contributed by atoms with van der Waals surface area (Å²) in [6, 6.07) is 59.1. The molecule has 3 heteroatoms. The molecule has 244 valence electrons. The fraction of sp³-hybridized carbons (Fsp3) is 0.0612. The van der Waals surface area contributed by atoms with Crippen molar-refractivity contribution in [3.8, 4) is 39.6 Å². The zero-order valence-electron chi connectivity index (χ0n) is 28.9. The van der Waals surface area contributed by atoms with E-state index in [1.807, 2.05) is 12.1 Å². The van der Waals surface area contributed by atoms with Gasteiger partial charge in [0.25, 0.3) is 0 Å². The van der Waals surface area contributed by atoms with E-state index < -0.39 is 0 Å². The van der Waals surface area contributed by atoms with E-state index in [2.05, 4.69) is 170 Å². The van der Waals surface area contributed by atoms with Gasteiger partial charge in [-0.1, -0.05) is 153 Å². The van der Waals surface area contributed by atoms with Crippen LogP contribution >= 0.6 is 0 Å². The molecule has 0 saturated carbocycles. The van der Waals surface area contributed by atoms with E-state index in [9.17, 15) is 0 Å². The summed E-state index contributed by atoms with van der Waals surface area (Å²) in [6.07, 6.45) is 0. The van der Waals surface area contributed by atoms with Crippen LogP contribution in [-0.4, -0.2) is 14.5 Å². The van der Waals surface area contributed by atoms with Crippen LogP contribution in [0.15, 0.2) is 164 Å². The highest BCUT2D eigenvalue weighted by Crippen LogP contribution is 2.52. The van der Waals surface area contributed by atoms with Crippen molar-refractivity contribution in [2.45, 2.75) is 19.3 Å². The van der Waals surface area contributed by atoms with Crippen LogP contribution in [0.1, 0.15) is 25.0 Å². The van der Waals surface area contributed by atoms with Crippen molar-refractivity contribution in [2.75, 3.05) is 0 Å². The number of benzene rings is 8. The van der Waals surface area contributed by atoms with Gasteiger partial charge < -0.3 is 0 Å². The van der Waals surface area contributed by atoms with E-state index in [1.54, 1.807) is 0 Å².